The minimum absolute atomic E-state index is 0.262. The maximum Gasteiger partial charge on any atom is 0.303 e. The standard InChI is InChI=1S/C20H28O3S/c21-20(22)11-7-2-1-6-10-18-14-23-15-19(18)12-13-24-16-17-8-4-3-5-9-17/h1,3-6,8-9,18-19H,2,7,10-16H2,(H,21,22)/b6-1-/t18-,19+/m0/s1. The minimum atomic E-state index is -0.708. The van der Waals surface area contributed by atoms with E-state index in [1.807, 2.05) is 11.8 Å². The van der Waals surface area contributed by atoms with E-state index in [-0.39, 0.29) is 6.42 Å². The van der Waals surface area contributed by atoms with Crippen LogP contribution in [-0.2, 0) is 15.3 Å². The molecule has 4 heteroatoms. The molecule has 1 N–H and O–H groups in total. The fourth-order valence-electron chi connectivity index (χ4n) is 2.98. The number of ether oxygens (including phenoxy) is 1. The first-order valence-corrected chi connectivity index (χ1v) is 9.97. The van der Waals surface area contributed by atoms with Gasteiger partial charge in [-0.2, -0.15) is 11.8 Å². The molecule has 132 valence electrons. The van der Waals surface area contributed by atoms with E-state index in [4.69, 9.17) is 9.84 Å². The van der Waals surface area contributed by atoms with Crippen LogP contribution < -0.4 is 0 Å². The molecular weight excluding hydrogens is 320 g/mol. The second-order valence-corrected chi connectivity index (χ2v) is 7.48. The normalized spacial score (nSPS) is 20.7. The largest absolute Gasteiger partial charge is 0.481 e. The molecule has 3 nitrogen and oxygen atoms in total. The Hall–Kier alpha value is -1.26. The van der Waals surface area contributed by atoms with E-state index in [1.54, 1.807) is 0 Å². The van der Waals surface area contributed by atoms with Crippen LogP contribution in [0.3, 0.4) is 0 Å². The Morgan fingerprint density at radius 3 is 2.79 bits per heavy atom. The highest BCUT2D eigenvalue weighted by Gasteiger charge is 2.26. The molecule has 0 saturated carbocycles. The molecule has 1 heterocycles. The Labute approximate surface area is 149 Å². The lowest BCUT2D eigenvalue weighted by Crippen LogP contribution is -2.12. The fourth-order valence-corrected chi connectivity index (χ4v) is 4.02. The summed E-state index contributed by atoms with van der Waals surface area (Å²) < 4.78 is 5.67. The summed E-state index contributed by atoms with van der Waals surface area (Å²) in [5.41, 5.74) is 1.39. The van der Waals surface area contributed by atoms with Crippen molar-refractivity contribution in [3.8, 4) is 0 Å². The Bertz CT molecular complexity index is 501. The monoisotopic (exact) mass is 348 g/mol. The first kappa shape index (κ1) is 19.1. The van der Waals surface area contributed by atoms with Crippen molar-refractivity contribution < 1.29 is 14.6 Å². The molecule has 0 unspecified atom stereocenters. The molecule has 2 rings (SSSR count). The van der Waals surface area contributed by atoms with Crippen molar-refractivity contribution in [1.82, 2.24) is 0 Å². The molecule has 0 aromatic heterocycles. The van der Waals surface area contributed by atoms with Gasteiger partial charge in [-0.1, -0.05) is 42.5 Å². The second-order valence-electron chi connectivity index (χ2n) is 6.38. The van der Waals surface area contributed by atoms with Crippen molar-refractivity contribution in [2.24, 2.45) is 11.8 Å². The quantitative estimate of drug-likeness (QED) is 0.462. The number of benzene rings is 1. The minimum Gasteiger partial charge on any atom is -0.481 e. The molecule has 0 spiro atoms. The van der Waals surface area contributed by atoms with Gasteiger partial charge in [-0.15, -0.1) is 0 Å². The number of allylic oxidation sites excluding steroid dienone is 2. The number of rotatable bonds is 11. The van der Waals surface area contributed by atoms with Crippen molar-refractivity contribution >= 4 is 17.7 Å². The predicted molar refractivity (Wildman–Crippen MR) is 100 cm³/mol. The fraction of sp³-hybridized carbons (Fsp3) is 0.550. The van der Waals surface area contributed by atoms with Gasteiger partial charge in [-0.3, -0.25) is 4.79 Å². The molecule has 1 saturated heterocycles. The van der Waals surface area contributed by atoms with Crippen LogP contribution in [0, 0.1) is 11.8 Å². The zero-order valence-electron chi connectivity index (χ0n) is 14.2. The zero-order valence-corrected chi connectivity index (χ0v) is 15.0. The van der Waals surface area contributed by atoms with Crippen LogP contribution in [0.4, 0.5) is 0 Å². The van der Waals surface area contributed by atoms with Gasteiger partial charge in [-0.25, -0.2) is 0 Å². The van der Waals surface area contributed by atoms with Crippen molar-refractivity contribution in [3.63, 3.8) is 0 Å². The van der Waals surface area contributed by atoms with Gasteiger partial charge in [0.05, 0.1) is 6.61 Å². The Morgan fingerprint density at radius 1 is 1.21 bits per heavy atom. The molecule has 1 aromatic rings. The molecule has 0 aliphatic carbocycles. The van der Waals surface area contributed by atoms with Crippen molar-refractivity contribution in [3.05, 3.63) is 48.0 Å². The van der Waals surface area contributed by atoms with Crippen LogP contribution in [0.5, 0.6) is 0 Å². The molecule has 1 aliphatic heterocycles. The van der Waals surface area contributed by atoms with E-state index in [9.17, 15) is 4.79 Å². The van der Waals surface area contributed by atoms with Crippen LogP contribution >= 0.6 is 11.8 Å². The van der Waals surface area contributed by atoms with Gasteiger partial charge < -0.3 is 9.84 Å². The van der Waals surface area contributed by atoms with E-state index < -0.39 is 5.97 Å². The first-order chi connectivity index (χ1) is 11.8. The highest BCUT2D eigenvalue weighted by Crippen LogP contribution is 2.29. The van der Waals surface area contributed by atoms with E-state index in [2.05, 4.69) is 42.5 Å². The SMILES string of the molecule is O=C(O)CCC/C=C\C[C@H]1COC[C@H]1CCSCc1ccccc1. The second kappa shape index (κ2) is 11.3. The molecule has 0 amide bonds. The molecule has 2 atom stereocenters. The molecule has 0 bridgehead atoms. The summed E-state index contributed by atoms with van der Waals surface area (Å²) in [4.78, 5) is 10.5. The summed E-state index contributed by atoms with van der Waals surface area (Å²) in [6.07, 6.45) is 8.46. The van der Waals surface area contributed by atoms with Crippen LogP contribution in [0.15, 0.2) is 42.5 Å². The van der Waals surface area contributed by atoms with E-state index in [0.29, 0.717) is 11.8 Å². The van der Waals surface area contributed by atoms with E-state index in [0.717, 1.165) is 38.2 Å². The molecule has 1 aromatic carbocycles. The zero-order chi connectivity index (χ0) is 17.0. The van der Waals surface area contributed by atoms with E-state index >= 15 is 0 Å². The number of unbranched alkanes of at least 4 members (excludes halogenated alkanes) is 1. The van der Waals surface area contributed by atoms with Gasteiger partial charge in [0.1, 0.15) is 0 Å². The third kappa shape index (κ3) is 7.54. The number of hydrogen-bond acceptors (Lipinski definition) is 3. The van der Waals surface area contributed by atoms with Gasteiger partial charge in [0, 0.05) is 18.8 Å². The van der Waals surface area contributed by atoms with Gasteiger partial charge in [0.2, 0.25) is 0 Å². The molecule has 1 fully saturated rings. The number of carboxylic acid groups (broad SMARTS) is 1. The summed E-state index contributed by atoms with van der Waals surface area (Å²) in [7, 11) is 0. The van der Waals surface area contributed by atoms with E-state index in [1.165, 1.54) is 17.7 Å². The van der Waals surface area contributed by atoms with Crippen molar-refractivity contribution in [1.29, 1.82) is 0 Å². The topological polar surface area (TPSA) is 46.5 Å². The highest BCUT2D eigenvalue weighted by molar-refractivity contribution is 7.98. The Morgan fingerprint density at radius 2 is 2.00 bits per heavy atom. The third-order valence-electron chi connectivity index (χ3n) is 4.44. The Kier molecular flexibility index (Phi) is 9.00. The molecular formula is C20H28O3S. The van der Waals surface area contributed by atoms with Crippen LogP contribution in [-0.4, -0.2) is 30.0 Å². The summed E-state index contributed by atoms with van der Waals surface area (Å²) in [6.45, 7) is 1.76. The predicted octanol–water partition coefficient (Wildman–Crippen LogP) is 4.77. The summed E-state index contributed by atoms with van der Waals surface area (Å²) in [5.74, 6) is 2.85. The maximum absolute atomic E-state index is 10.5. The van der Waals surface area contributed by atoms with Crippen LogP contribution in [0.25, 0.3) is 0 Å². The number of carbonyl (C=O) groups is 1. The Balaban J connectivity index is 1.58. The lowest BCUT2D eigenvalue weighted by molar-refractivity contribution is -0.137. The smallest absolute Gasteiger partial charge is 0.303 e. The average Bonchev–Trinajstić information content (AvgIpc) is 3.03. The molecule has 24 heavy (non-hydrogen) atoms. The maximum atomic E-state index is 10.5. The van der Waals surface area contributed by atoms with Gasteiger partial charge in [-0.05, 0) is 48.8 Å². The lowest BCUT2D eigenvalue weighted by atomic mass is 9.90. The van der Waals surface area contributed by atoms with Crippen LogP contribution in [0.2, 0.25) is 0 Å². The van der Waals surface area contributed by atoms with Crippen LogP contribution in [0.1, 0.15) is 37.7 Å². The average molecular weight is 349 g/mol. The molecule has 1 aliphatic rings. The van der Waals surface area contributed by atoms with Gasteiger partial charge in [0.15, 0.2) is 0 Å². The summed E-state index contributed by atoms with van der Waals surface area (Å²) in [5, 5.41) is 8.61. The highest BCUT2D eigenvalue weighted by atomic mass is 32.2. The first-order valence-electron chi connectivity index (χ1n) is 8.82. The third-order valence-corrected chi connectivity index (χ3v) is 5.50. The number of hydrogen-bond donors (Lipinski definition) is 1. The number of aliphatic carboxylic acids is 1. The molecule has 0 radical (unpaired) electrons. The number of carboxylic acids is 1. The van der Waals surface area contributed by atoms with Crippen molar-refractivity contribution in [2.45, 2.75) is 37.9 Å². The summed E-state index contributed by atoms with van der Waals surface area (Å²) in [6, 6.07) is 10.6. The van der Waals surface area contributed by atoms with Gasteiger partial charge >= 0.3 is 5.97 Å². The number of thioether (sulfide) groups is 1. The lowest BCUT2D eigenvalue weighted by Gasteiger charge is -2.15. The van der Waals surface area contributed by atoms with Gasteiger partial charge in [0.25, 0.3) is 0 Å². The summed E-state index contributed by atoms with van der Waals surface area (Å²) >= 11 is 2.00. The van der Waals surface area contributed by atoms with Crippen molar-refractivity contribution in [2.75, 3.05) is 19.0 Å².